The van der Waals surface area contributed by atoms with Gasteiger partial charge in [0.2, 0.25) is 5.91 Å². The van der Waals surface area contributed by atoms with Crippen LogP contribution >= 0.6 is 23.4 Å². The van der Waals surface area contributed by atoms with E-state index in [2.05, 4.69) is 31.0 Å². The number of hydrogen-bond donors (Lipinski definition) is 3. The highest BCUT2D eigenvalue weighted by molar-refractivity contribution is 7.99. The monoisotopic (exact) mass is 506 g/mol. The van der Waals surface area contributed by atoms with E-state index in [1.54, 1.807) is 0 Å². The van der Waals surface area contributed by atoms with E-state index in [0.29, 0.717) is 18.4 Å². The van der Waals surface area contributed by atoms with Crippen molar-refractivity contribution >= 4 is 29.3 Å². The first-order chi connectivity index (χ1) is 15.4. The Morgan fingerprint density at radius 2 is 2.00 bits per heavy atom. The van der Waals surface area contributed by atoms with Crippen molar-refractivity contribution in [3.05, 3.63) is 0 Å². The minimum absolute atomic E-state index is 0.110. The fourth-order valence-corrected chi connectivity index (χ4v) is 6.84. The Labute approximate surface area is 208 Å². The molecule has 3 aliphatic heterocycles. The van der Waals surface area contributed by atoms with Crippen LogP contribution in [-0.4, -0.2) is 94.8 Å². The van der Waals surface area contributed by atoms with Crippen LogP contribution in [0.3, 0.4) is 0 Å². The third-order valence-corrected chi connectivity index (χ3v) is 8.43. The Kier molecular flexibility index (Phi) is 9.43. The van der Waals surface area contributed by atoms with Gasteiger partial charge in [-0.15, -0.1) is 23.4 Å². The molecule has 7 nitrogen and oxygen atoms in total. The van der Waals surface area contributed by atoms with Crippen molar-refractivity contribution in [3.63, 3.8) is 0 Å². The van der Waals surface area contributed by atoms with Crippen LogP contribution in [0.1, 0.15) is 53.4 Å². The fraction of sp³-hybridized carbons (Fsp3) is 0.958. The van der Waals surface area contributed by atoms with Crippen LogP contribution in [0, 0.1) is 17.3 Å². The van der Waals surface area contributed by atoms with Gasteiger partial charge in [-0.25, -0.2) is 0 Å². The minimum Gasteiger partial charge on any atom is -0.390 e. The van der Waals surface area contributed by atoms with Gasteiger partial charge in [-0.05, 0) is 50.8 Å². The summed E-state index contributed by atoms with van der Waals surface area (Å²) >= 11 is 7.83. The van der Waals surface area contributed by atoms with Gasteiger partial charge in [0, 0.05) is 25.5 Å². The van der Waals surface area contributed by atoms with Gasteiger partial charge in [0.05, 0.1) is 29.7 Å². The molecule has 1 amide bonds. The summed E-state index contributed by atoms with van der Waals surface area (Å²) in [7, 11) is 1.99. The van der Waals surface area contributed by atoms with Crippen molar-refractivity contribution in [2.75, 3.05) is 26.5 Å². The van der Waals surface area contributed by atoms with Crippen molar-refractivity contribution < 1.29 is 24.5 Å². The molecule has 33 heavy (non-hydrogen) atoms. The largest absolute Gasteiger partial charge is 0.390 e. The smallest absolute Gasteiger partial charge is 0.240 e. The summed E-state index contributed by atoms with van der Waals surface area (Å²) < 4.78 is 12.3. The van der Waals surface area contributed by atoms with Gasteiger partial charge in [0.1, 0.15) is 17.6 Å². The number of aliphatic hydroxyl groups is 2. The first kappa shape index (κ1) is 27.5. The van der Waals surface area contributed by atoms with Crippen LogP contribution in [0.25, 0.3) is 0 Å². The van der Waals surface area contributed by atoms with Crippen molar-refractivity contribution in [2.45, 2.75) is 101 Å². The number of carbonyl (C=O) groups is 1. The topological polar surface area (TPSA) is 91.3 Å². The number of aliphatic hydroxyl groups excluding tert-OH is 2. The standard InChI is InChI=1S/C24H43ClN2O5S/c1-13(25)18(17-10-16(28)20(29)23(32-17)33-6)26-22(30)19-21-15(12-27(19)5)9-14(7-8-31-21)11-24(2,3)4/h13-21,23,28-29H,7-12H2,1-6H3,(H,26,30)/t13-,14-,15-,16+,17-,18+,19-,20?,21+,23?/m0/s1. The molecule has 3 fully saturated rings. The molecule has 0 spiro atoms. The first-order valence-corrected chi connectivity index (χ1v) is 13.9. The maximum atomic E-state index is 13.5. The molecule has 0 aromatic heterocycles. The van der Waals surface area contributed by atoms with Gasteiger partial charge >= 0.3 is 0 Å². The number of amides is 1. The highest BCUT2D eigenvalue weighted by Crippen LogP contribution is 2.39. The third kappa shape index (κ3) is 6.78. The lowest BCUT2D eigenvalue weighted by Gasteiger charge is -2.41. The van der Waals surface area contributed by atoms with E-state index in [4.69, 9.17) is 21.1 Å². The highest BCUT2D eigenvalue weighted by Gasteiger charge is 2.48. The number of alkyl halides is 1. The van der Waals surface area contributed by atoms with Crippen LogP contribution in [0.5, 0.6) is 0 Å². The maximum absolute atomic E-state index is 13.5. The maximum Gasteiger partial charge on any atom is 0.240 e. The van der Waals surface area contributed by atoms with E-state index >= 15 is 0 Å². The average molecular weight is 507 g/mol. The number of halogens is 1. The summed E-state index contributed by atoms with van der Waals surface area (Å²) in [4.78, 5) is 15.6. The van der Waals surface area contributed by atoms with Gasteiger partial charge in [-0.1, -0.05) is 20.8 Å². The minimum atomic E-state index is -0.958. The highest BCUT2D eigenvalue weighted by atomic mass is 35.5. The number of likely N-dealkylation sites (N-methyl/N-ethyl adjacent to an activating group) is 1. The quantitative estimate of drug-likeness (QED) is 0.476. The molecule has 0 bridgehead atoms. The first-order valence-electron chi connectivity index (χ1n) is 12.2. The molecule has 0 aromatic carbocycles. The average Bonchev–Trinajstić information content (AvgIpc) is 2.88. The van der Waals surface area contributed by atoms with Crippen LogP contribution in [-0.2, 0) is 14.3 Å². The molecular weight excluding hydrogens is 464 g/mol. The number of likely N-dealkylation sites (tertiary alicyclic amines) is 1. The molecule has 3 rings (SSSR count). The number of carbonyl (C=O) groups excluding carboxylic acids is 1. The molecule has 0 aromatic rings. The molecule has 3 N–H and O–H groups in total. The summed E-state index contributed by atoms with van der Waals surface area (Å²) in [5.41, 5.74) is -0.278. The predicted octanol–water partition coefficient (Wildman–Crippen LogP) is 2.46. The zero-order valence-electron chi connectivity index (χ0n) is 20.9. The Morgan fingerprint density at radius 3 is 2.61 bits per heavy atom. The lowest BCUT2D eigenvalue weighted by Crippen LogP contribution is -2.59. The summed E-state index contributed by atoms with van der Waals surface area (Å²) in [6.45, 7) is 10.2. The van der Waals surface area contributed by atoms with Crippen molar-refractivity contribution in [1.29, 1.82) is 0 Å². The Balaban J connectivity index is 1.69. The molecule has 2 unspecified atom stereocenters. The zero-order chi connectivity index (χ0) is 24.5. The van der Waals surface area contributed by atoms with E-state index < -0.39 is 35.2 Å². The van der Waals surface area contributed by atoms with Crippen LogP contribution in [0.15, 0.2) is 0 Å². The Morgan fingerprint density at radius 1 is 1.30 bits per heavy atom. The number of rotatable bonds is 6. The van der Waals surface area contributed by atoms with Crippen LogP contribution < -0.4 is 5.32 Å². The molecule has 9 heteroatoms. The molecule has 10 atom stereocenters. The number of hydrogen-bond acceptors (Lipinski definition) is 7. The van der Waals surface area contributed by atoms with E-state index in [0.717, 1.165) is 25.8 Å². The van der Waals surface area contributed by atoms with E-state index in [1.807, 2.05) is 20.2 Å². The van der Waals surface area contributed by atoms with Gasteiger partial charge in [0.25, 0.3) is 0 Å². The molecule has 0 aliphatic carbocycles. The van der Waals surface area contributed by atoms with E-state index in [-0.39, 0.29) is 29.9 Å². The number of thioether (sulfide) groups is 1. The SMILES string of the molecule is CSC1O[C@H]([C@H](NC(=O)[C@@H]2[C@@H]3OCC[C@H](CC(C)(C)C)C[C@H]3CN2C)[C@H](C)Cl)C[C@@H](O)C1O. The lowest BCUT2D eigenvalue weighted by atomic mass is 9.79. The summed E-state index contributed by atoms with van der Waals surface area (Å²) in [6, 6.07) is -0.861. The Bertz CT molecular complexity index is 663. The number of fused-ring (bicyclic) bond motifs is 1. The molecule has 3 aliphatic rings. The van der Waals surface area contributed by atoms with Crippen molar-refractivity contribution in [2.24, 2.45) is 17.3 Å². The summed E-state index contributed by atoms with van der Waals surface area (Å²) in [5.74, 6) is 0.829. The Hall–Kier alpha value is -0.0900. The van der Waals surface area contributed by atoms with Crippen molar-refractivity contribution in [3.8, 4) is 0 Å². The molecule has 3 heterocycles. The number of ether oxygens (including phenoxy) is 2. The normalized spacial score (nSPS) is 40.0. The number of nitrogens with zero attached hydrogens (tertiary/aromatic N) is 1. The lowest BCUT2D eigenvalue weighted by molar-refractivity contribution is -0.149. The third-order valence-electron chi connectivity index (χ3n) is 7.31. The van der Waals surface area contributed by atoms with Crippen LogP contribution in [0.2, 0.25) is 0 Å². The molecule has 192 valence electrons. The molecule has 0 saturated carbocycles. The van der Waals surface area contributed by atoms with E-state index in [9.17, 15) is 15.0 Å². The second kappa shape index (κ2) is 11.3. The second-order valence-corrected chi connectivity index (χ2v) is 13.0. The van der Waals surface area contributed by atoms with Gasteiger partial charge in [-0.2, -0.15) is 0 Å². The van der Waals surface area contributed by atoms with Crippen LogP contribution in [0.4, 0.5) is 0 Å². The molecule has 3 saturated heterocycles. The zero-order valence-corrected chi connectivity index (χ0v) is 22.4. The van der Waals surface area contributed by atoms with Gasteiger partial charge in [-0.3, -0.25) is 9.69 Å². The predicted molar refractivity (Wildman–Crippen MR) is 132 cm³/mol. The summed E-state index contributed by atoms with van der Waals surface area (Å²) in [6.07, 6.45) is 2.83. The number of nitrogens with one attached hydrogen (secondary N) is 1. The van der Waals surface area contributed by atoms with Gasteiger partial charge in [0.15, 0.2) is 0 Å². The van der Waals surface area contributed by atoms with Crippen molar-refractivity contribution in [1.82, 2.24) is 10.2 Å². The molecular formula is C24H43ClN2O5S. The summed E-state index contributed by atoms with van der Waals surface area (Å²) in [5, 5.41) is 23.2. The van der Waals surface area contributed by atoms with Gasteiger partial charge < -0.3 is 25.0 Å². The fourth-order valence-electron chi connectivity index (χ4n) is 5.90. The molecule has 0 radical (unpaired) electrons. The second-order valence-electron chi connectivity index (χ2n) is 11.4. The van der Waals surface area contributed by atoms with E-state index in [1.165, 1.54) is 11.8 Å².